The third kappa shape index (κ3) is 1.52. The number of nitrogens with one attached hydrogen (secondary N) is 1. The molecule has 0 heterocycles. The van der Waals surface area contributed by atoms with Crippen molar-refractivity contribution in [1.29, 1.82) is 0 Å². The van der Waals surface area contributed by atoms with Gasteiger partial charge in [0.15, 0.2) is 0 Å². The first-order valence-corrected chi connectivity index (χ1v) is 5.68. The number of hydrogen-bond acceptors (Lipinski definition) is 1. The van der Waals surface area contributed by atoms with Crippen molar-refractivity contribution in [3.05, 3.63) is 28.8 Å². The monoisotopic (exact) mass is 189 g/mol. The molecule has 2 rings (SSSR count). The second-order valence-electron chi connectivity index (χ2n) is 4.04. The van der Waals surface area contributed by atoms with Crippen molar-refractivity contribution in [2.75, 3.05) is 12.4 Å². The van der Waals surface area contributed by atoms with Gasteiger partial charge in [-0.3, -0.25) is 0 Å². The highest BCUT2D eigenvalue weighted by Gasteiger charge is 2.15. The third-order valence-electron chi connectivity index (χ3n) is 3.28. The zero-order valence-corrected chi connectivity index (χ0v) is 9.19. The number of anilines is 1. The van der Waals surface area contributed by atoms with E-state index in [0.29, 0.717) is 0 Å². The topological polar surface area (TPSA) is 12.0 Å². The van der Waals surface area contributed by atoms with Gasteiger partial charge in [0.1, 0.15) is 0 Å². The fourth-order valence-corrected chi connectivity index (χ4v) is 2.51. The Hall–Kier alpha value is -0.980. The summed E-state index contributed by atoms with van der Waals surface area (Å²) in [5.41, 5.74) is 6.11. The third-order valence-corrected chi connectivity index (χ3v) is 3.28. The number of hydrogen-bond donors (Lipinski definition) is 1. The zero-order valence-electron chi connectivity index (χ0n) is 9.19. The smallest absolute Gasteiger partial charge is 0.0373 e. The maximum Gasteiger partial charge on any atom is 0.0373 e. The second-order valence-corrected chi connectivity index (χ2v) is 4.04. The van der Waals surface area contributed by atoms with Gasteiger partial charge in [-0.2, -0.15) is 0 Å². The van der Waals surface area contributed by atoms with Crippen molar-refractivity contribution in [3.8, 4) is 0 Å². The Bertz CT molecular complexity index is 295. The highest BCUT2D eigenvalue weighted by atomic mass is 14.8. The largest absolute Gasteiger partial charge is 0.388 e. The number of benzene rings is 1. The minimum absolute atomic E-state index is 1.17. The molecule has 1 aromatic carbocycles. The second kappa shape index (κ2) is 4.04. The lowest BCUT2D eigenvalue weighted by molar-refractivity contribution is 0.680. The SMILES string of the molecule is CCc1ccc(NC)c2c1CCCC2. The minimum Gasteiger partial charge on any atom is -0.388 e. The van der Waals surface area contributed by atoms with E-state index in [2.05, 4.69) is 24.4 Å². The molecule has 1 aliphatic rings. The molecule has 14 heavy (non-hydrogen) atoms. The fraction of sp³-hybridized carbons (Fsp3) is 0.538. The van der Waals surface area contributed by atoms with E-state index in [1.165, 1.54) is 37.8 Å². The van der Waals surface area contributed by atoms with Crippen LogP contribution in [0.5, 0.6) is 0 Å². The predicted molar refractivity (Wildman–Crippen MR) is 62.0 cm³/mol. The molecule has 0 saturated heterocycles. The van der Waals surface area contributed by atoms with Crippen molar-refractivity contribution in [1.82, 2.24) is 0 Å². The molecule has 0 aliphatic heterocycles. The van der Waals surface area contributed by atoms with Gasteiger partial charge in [-0.1, -0.05) is 13.0 Å². The molecule has 0 aromatic heterocycles. The lowest BCUT2D eigenvalue weighted by Crippen LogP contribution is -2.09. The van der Waals surface area contributed by atoms with Crippen LogP contribution in [0.15, 0.2) is 12.1 Å². The molecule has 0 unspecified atom stereocenters. The minimum atomic E-state index is 1.17. The molecule has 1 aliphatic carbocycles. The van der Waals surface area contributed by atoms with Gasteiger partial charge in [0, 0.05) is 12.7 Å². The van der Waals surface area contributed by atoms with Gasteiger partial charge in [0.05, 0.1) is 0 Å². The Morgan fingerprint density at radius 2 is 1.86 bits per heavy atom. The van der Waals surface area contributed by atoms with Crippen molar-refractivity contribution >= 4 is 5.69 Å². The van der Waals surface area contributed by atoms with Gasteiger partial charge < -0.3 is 5.32 Å². The summed E-state index contributed by atoms with van der Waals surface area (Å²) >= 11 is 0. The van der Waals surface area contributed by atoms with Gasteiger partial charge in [0.2, 0.25) is 0 Å². The Morgan fingerprint density at radius 1 is 1.14 bits per heavy atom. The van der Waals surface area contributed by atoms with E-state index in [4.69, 9.17) is 0 Å². The van der Waals surface area contributed by atoms with Crippen LogP contribution in [0.1, 0.15) is 36.5 Å². The van der Waals surface area contributed by atoms with Crippen molar-refractivity contribution in [2.24, 2.45) is 0 Å². The van der Waals surface area contributed by atoms with E-state index in [-0.39, 0.29) is 0 Å². The fourth-order valence-electron chi connectivity index (χ4n) is 2.51. The van der Waals surface area contributed by atoms with E-state index in [0.717, 1.165) is 0 Å². The first-order valence-electron chi connectivity index (χ1n) is 5.68. The number of fused-ring (bicyclic) bond motifs is 1. The lowest BCUT2D eigenvalue weighted by atomic mass is 9.86. The molecule has 1 nitrogen and oxygen atoms in total. The van der Waals surface area contributed by atoms with Gasteiger partial charge in [0.25, 0.3) is 0 Å². The average Bonchev–Trinajstić information content (AvgIpc) is 2.27. The van der Waals surface area contributed by atoms with Crippen LogP contribution in [0.3, 0.4) is 0 Å². The summed E-state index contributed by atoms with van der Waals surface area (Å²) in [4.78, 5) is 0. The molecule has 0 amide bonds. The first kappa shape index (κ1) is 9.57. The molecule has 1 N–H and O–H groups in total. The summed E-state index contributed by atoms with van der Waals surface area (Å²) in [5.74, 6) is 0. The molecule has 1 aromatic rings. The van der Waals surface area contributed by atoms with Crippen LogP contribution < -0.4 is 5.32 Å². The van der Waals surface area contributed by atoms with Gasteiger partial charge in [-0.15, -0.1) is 0 Å². The molecule has 0 saturated carbocycles. The Balaban J connectivity index is 2.50. The highest BCUT2D eigenvalue weighted by molar-refractivity contribution is 5.57. The van der Waals surface area contributed by atoms with Crippen LogP contribution in [0.4, 0.5) is 5.69 Å². The van der Waals surface area contributed by atoms with E-state index in [1.54, 1.807) is 16.7 Å². The number of aryl methyl sites for hydroxylation is 1. The number of rotatable bonds is 2. The molecular formula is C13H19N. The Morgan fingerprint density at radius 3 is 2.50 bits per heavy atom. The highest BCUT2D eigenvalue weighted by Crippen LogP contribution is 2.30. The Labute approximate surface area is 86.5 Å². The van der Waals surface area contributed by atoms with Crippen molar-refractivity contribution < 1.29 is 0 Å². The van der Waals surface area contributed by atoms with Crippen LogP contribution in [-0.2, 0) is 19.3 Å². The van der Waals surface area contributed by atoms with Crippen LogP contribution in [0, 0.1) is 0 Å². The zero-order chi connectivity index (χ0) is 9.97. The molecule has 0 atom stereocenters. The van der Waals surface area contributed by atoms with Gasteiger partial charge in [-0.25, -0.2) is 0 Å². The summed E-state index contributed by atoms with van der Waals surface area (Å²) in [5, 5.41) is 3.31. The summed E-state index contributed by atoms with van der Waals surface area (Å²) in [6.45, 7) is 2.25. The summed E-state index contributed by atoms with van der Waals surface area (Å²) in [6.07, 6.45) is 6.45. The van der Waals surface area contributed by atoms with Crippen molar-refractivity contribution in [2.45, 2.75) is 39.0 Å². The molecular weight excluding hydrogens is 170 g/mol. The molecule has 0 fully saturated rings. The molecule has 0 spiro atoms. The molecule has 1 heteroatoms. The maximum atomic E-state index is 3.31. The Kier molecular flexibility index (Phi) is 2.76. The average molecular weight is 189 g/mol. The van der Waals surface area contributed by atoms with Gasteiger partial charge >= 0.3 is 0 Å². The van der Waals surface area contributed by atoms with Crippen LogP contribution in [0.2, 0.25) is 0 Å². The summed E-state index contributed by atoms with van der Waals surface area (Å²) in [7, 11) is 2.02. The van der Waals surface area contributed by atoms with Crippen LogP contribution in [0.25, 0.3) is 0 Å². The summed E-state index contributed by atoms with van der Waals surface area (Å²) in [6, 6.07) is 4.53. The lowest BCUT2D eigenvalue weighted by Gasteiger charge is -2.22. The van der Waals surface area contributed by atoms with Crippen LogP contribution >= 0.6 is 0 Å². The van der Waals surface area contributed by atoms with Crippen LogP contribution in [-0.4, -0.2) is 7.05 Å². The quantitative estimate of drug-likeness (QED) is 0.753. The normalized spacial score (nSPS) is 15.0. The summed E-state index contributed by atoms with van der Waals surface area (Å²) < 4.78 is 0. The first-order chi connectivity index (χ1) is 6.86. The molecule has 76 valence electrons. The molecule has 0 radical (unpaired) electrons. The maximum absolute atomic E-state index is 3.31. The van der Waals surface area contributed by atoms with E-state index >= 15 is 0 Å². The van der Waals surface area contributed by atoms with Crippen molar-refractivity contribution in [3.63, 3.8) is 0 Å². The van der Waals surface area contributed by atoms with E-state index in [1.807, 2.05) is 7.05 Å². The standard InChI is InChI=1S/C13H19N/c1-3-10-8-9-13(14-2)12-7-5-4-6-11(10)12/h8-9,14H,3-7H2,1-2H3. The predicted octanol–water partition coefficient (Wildman–Crippen LogP) is 3.17. The van der Waals surface area contributed by atoms with E-state index in [9.17, 15) is 0 Å². The molecule has 0 bridgehead atoms. The van der Waals surface area contributed by atoms with Gasteiger partial charge in [-0.05, 0) is 54.9 Å². The van der Waals surface area contributed by atoms with E-state index < -0.39 is 0 Å².